The highest BCUT2D eigenvalue weighted by Crippen LogP contribution is 2.46. The topological polar surface area (TPSA) is 3.24 Å². The number of anilines is 3. The molecule has 0 unspecified atom stereocenters. The molecule has 0 bridgehead atoms. The summed E-state index contributed by atoms with van der Waals surface area (Å²) in [6.45, 7) is 0. The second-order valence-electron chi connectivity index (χ2n) is 13.8. The molecule has 10 rings (SSSR count). The van der Waals surface area contributed by atoms with Gasteiger partial charge in [0.2, 0.25) is 0 Å². The van der Waals surface area contributed by atoms with E-state index >= 15 is 0 Å². The lowest BCUT2D eigenvalue weighted by Gasteiger charge is -2.29. The fourth-order valence-corrected chi connectivity index (χ4v) is 7.81. The van der Waals surface area contributed by atoms with Crippen molar-refractivity contribution in [3.63, 3.8) is 0 Å². The molecule has 1 nitrogen and oxygen atoms in total. The largest absolute Gasteiger partial charge is 0.310 e. The minimum atomic E-state index is -0.462. The standard InChI is InChI=1S/C56H39N/c1-2-17-40(18-3-1)50-27-8-9-28-52(50)53-29-10-11-30-54(53)55-31-12-13-34-56(55)57(45-37-35-43(36-38-45)49-32-15-21-41-19-4-6-25-47(41)49)46-24-14-23-44(39-46)51-33-16-22-42-20-5-7-26-48(42)51/h1-39H/i14D,23D,24D,35D,36D,37D,38D,39D. The fraction of sp³-hybridized carbons (Fsp3) is 0. The van der Waals surface area contributed by atoms with Crippen LogP contribution in [0.5, 0.6) is 0 Å². The maximum Gasteiger partial charge on any atom is 0.0651 e. The lowest BCUT2D eigenvalue weighted by molar-refractivity contribution is 1.28. The molecule has 1 heteroatoms. The van der Waals surface area contributed by atoms with Gasteiger partial charge in [-0.15, -0.1) is 0 Å². The third-order valence-corrected chi connectivity index (χ3v) is 10.5. The number of para-hydroxylation sites is 1. The van der Waals surface area contributed by atoms with Crippen LogP contribution in [0.4, 0.5) is 17.1 Å². The van der Waals surface area contributed by atoms with E-state index in [1.54, 1.807) is 24.3 Å². The van der Waals surface area contributed by atoms with Crippen LogP contribution in [0.25, 0.3) is 77.2 Å². The molecule has 10 aromatic carbocycles. The average molecular weight is 734 g/mol. The Morgan fingerprint density at radius 2 is 0.772 bits per heavy atom. The number of fused-ring (bicyclic) bond motifs is 2. The maximum atomic E-state index is 10.1. The van der Waals surface area contributed by atoms with Crippen LogP contribution in [0.3, 0.4) is 0 Å². The zero-order chi connectivity index (χ0) is 44.9. The highest BCUT2D eigenvalue weighted by molar-refractivity contribution is 6.01. The smallest absolute Gasteiger partial charge is 0.0651 e. The van der Waals surface area contributed by atoms with Crippen molar-refractivity contribution < 1.29 is 11.0 Å². The van der Waals surface area contributed by atoms with E-state index in [4.69, 9.17) is 0 Å². The van der Waals surface area contributed by atoms with Crippen LogP contribution in [0.15, 0.2) is 236 Å². The van der Waals surface area contributed by atoms with Crippen LogP contribution in [0.1, 0.15) is 11.0 Å². The van der Waals surface area contributed by atoms with E-state index in [0.29, 0.717) is 22.4 Å². The molecule has 0 saturated carbocycles. The van der Waals surface area contributed by atoms with Crippen molar-refractivity contribution in [2.75, 3.05) is 4.90 Å². The Morgan fingerprint density at radius 1 is 0.298 bits per heavy atom. The molecular weight excluding hydrogens is 687 g/mol. The minimum Gasteiger partial charge on any atom is -0.310 e. The van der Waals surface area contributed by atoms with Gasteiger partial charge in [0.05, 0.1) is 16.7 Å². The van der Waals surface area contributed by atoms with Gasteiger partial charge in [0.25, 0.3) is 0 Å². The van der Waals surface area contributed by atoms with Gasteiger partial charge in [-0.3, -0.25) is 0 Å². The highest BCUT2D eigenvalue weighted by atomic mass is 15.1. The van der Waals surface area contributed by atoms with Crippen molar-refractivity contribution >= 4 is 38.6 Å². The summed E-state index contributed by atoms with van der Waals surface area (Å²) in [6, 6.07) is 57.0. The summed E-state index contributed by atoms with van der Waals surface area (Å²) in [4.78, 5) is 1.46. The molecule has 0 aliphatic carbocycles. The van der Waals surface area contributed by atoms with Gasteiger partial charge >= 0.3 is 0 Å². The molecule has 0 fully saturated rings. The summed E-state index contributed by atoms with van der Waals surface area (Å²) in [7, 11) is 0. The monoisotopic (exact) mass is 733 g/mol. The SMILES string of the molecule is [2H]c1c([2H])c(-c2cccc3ccccc23)c([2H])c(N(c2ccccc2-c2ccccc2-c2ccccc2-c2ccccc2)c2c([2H])c([2H])c(-c3cccc4ccccc34)c([2H])c2[2H])c1[2H]. The van der Waals surface area contributed by atoms with Crippen LogP contribution in [0, 0.1) is 0 Å². The van der Waals surface area contributed by atoms with Crippen molar-refractivity contribution in [1.29, 1.82) is 0 Å². The van der Waals surface area contributed by atoms with Crippen LogP contribution >= 0.6 is 0 Å². The van der Waals surface area contributed by atoms with Crippen molar-refractivity contribution in [1.82, 2.24) is 0 Å². The third kappa shape index (κ3) is 6.46. The van der Waals surface area contributed by atoms with Gasteiger partial charge in [-0.1, -0.05) is 206 Å². The highest BCUT2D eigenvalue weighted by Gasteiger charge is 2.21. The fourth-order valence-electron chi connectivity index (χ4n) is 7.81. The summed E-state index contributed by atoms with van der Waals surface area (Å²) >= 11 is 0. The molecule has 268 valence electrons. The molecule has 0 amide bonds. The summed E-state index contributed by atoms with van der Waals surface area (Å²) in [5.41, 5.74) is 6.56. The van der Waals surface area contributed by atoms with E-state index in [1.807, 2.05) is 140 Å². The molecule has 0 aliphatic rings. The summed E-state index contributed by atoms with van der Waals surface area (Å²) in [6.07, 6.45) is 0. The zero-order valence-electron chi connectivity index (χ0n) is 38.8. The Bertz CT molecular complexity index is 3460. The predicted octanol–water partition coefficient (Wildman–Crippen LogP) is 15.8. The Labute approximate surface area is 345 Å². The lowest BCUT2D eigenvalue weighted by Crippen LogP contribution is -2.11. The first-order valence-electron chi connectivity index (χ1n) is 23.0. The molecule has 0 N–H and O–H groups in total. The van der Waals surface area contributed by atoms with Crippen molar-refractivity contribution in [3.8, 4) is 55.6 Å². The summed E-state index contributed by atoms with van der Waals surface area (Å²) in [5, 5.41) is 3.27. The maximum absolute atomic E-state index is 10.1. The molecule has 0 radical (unpaired) electrons. The lowest BCUT2D eigenvalue weighted by atomic mass is 9.88. The van der Waals surface area contributed by atoms with Gasteiger partial charge in [0.1, 0.15) is 0 Å². The van der Waals surface area contributed by atoms with Crippen molar-refractivity contribution in [2.45, 2.75) is 0 Å². The Balaban J connectivity index is 1.30. The minimum absolute atomic E-state index is 0.111. The Kier molecular flexibility index (Phi) is 6.92. The van der Waals surface area contributed by atoms with Crippen LogP contribution in [0.2, 0.25) is 0 Å². The van der Waals surface area contributed by atoms with E-state index in [1.165, 1.54) is 4.90 Å². The average Bonchev–Trinajstić information content (AvgIpc) is 3.35. The van der Waals surface area contributed by atoms with Gasteiger partial charge in [-0.05, 0) is 102 Å². The molecule has 0 saturated heterocycles. The van der Waals surface area contributed by atoms with E-state index in [2.05, 4.69) is 24.3 Å². The van der Waals surface area contributed by atoms with Crippen molar-refractivity contribution in [3.05, 3.63) is 236 Å². The third-order valence-electron chi connectivity index (χ3n) is 10.5. The molecule has 0 aromatic heterocycles. The zero-order valence-corrected chi connectivity index (χ0v) is 30.8. The number of rotatable bonds is 8. The van der Waals surface area contributed by atoms with Crippen LogP contribution in [-0.2, 0) is 0 Å². The molecule has 57 heavy (non-hydrogen) atoms. The molecule has 0 spiro atoms. The molecule has 0 heterocycles. The van der Waals surface area contributed by atoms with E-state index in [9.17, 15) is 11.0 Å². The number of nitrogens with zero attached hydrogens (tertiary/aromatic N) is 1. The molecular formula is C56H39N. The van der Waals surface area contributed by atoms with Crippen molar-refractivity contribution in [2.24, 2.45) is 0 Å². The van der Waals surface area contributed by atoms with E-state index < -0.39 is 24.2 Å². The van der Waals surface area contributed by atoms with Crippen LogP contribution < -0.4 is 4.90 Å². The van der Waals surface area contributed by atoms with Crippen LogP contribution in [-0.4, -0.2) is 0 Å². The number of hydrogen-bond acceptors (Lipinski definition) is 1. The summed E-state index contributed by atoms with van der Waals surface area (Å²) in [5.74, 6) is 0. The van der Waals surface area contributed by atoms with E-state index in [0.717, 1.165) is 49.4 Å². The number of benzene rings is 10. The first-order valence-corrected chi connectivity index (χ1v) is 19.0. The predicted molar refractivity (Wildman–Crippen MR) is 243 cm³/mol. The molecule has 0 aliphatic heterocycles. The Hall–Kier alpha value is -7.48. The second kappa shape index (κ2) is 15.0. The Morgan fingerprint density at radius 3 is 1.44 bits per heavy atom. The van der Waals surface area contributed by atoms with Gasteiger partial charge in [0, 0.05) is 16.9 Å². The van der Waals surface area contributed by atoms with Gasteiger partial charge in [-0.2, -0.15) is 0 Å². The van der Waals surface area contributed by atoms with Gasteiger partial charge in [-0.25, -0.2) is 0 Å². The van der Waals surface area contributed by atoms with Gasteiger partial charge < -0.3 is 4.90 Å². The summed E-state index contributed by atoms with van der Waals surface area (Å²) < 4.78 is 77.3. The molecule has 10 aromatic rings. The van der Waals surface area contributed by atoms with E-state index in [-0.39, 0.29) is 46.7 Å². The molecule has 0 atom stereocenters. The normalized spacial score (nSPS) is 13.1. The number of hydrogen-bond donors (Lipinski definition) is 0. The van der Waals surface area contributed by atoms with Gasteiger partial charge in [0.15, 0.2) is 0 Å². The first kappa shape index (κ1) is 26.3. The second-order valence-corrected chi connectivity index (χ2v) is 13.8. The quantitative estimate of drug-likeness (QED) is 0.150. The first-order chi connectivity index (χ1) is 31.7.